The van der Waals surface area contributed by atoms with Gasteiger partial charge >= 0.3 is 6.18 Å². The van der Waals surface area contributed by atoms with Gasteiger partial charge in [-0.3, -0.25) is 9.78 Å². The Morgan fingerprint density at radius 1 is 0.909 bits per heavy atom. The molecule has 0 aliphatic carbocycles. The summed E-state index contributed by atoms with van der Waals surface area (Å²) in [5, 5.41) is 1.97. The van der Waals surface area contributed by atoms with Crippen molar-refractivity contribution in [2.75, 3.05) is 0 Å². The van der Waals surface area contributed by atoms with Gasteiger partial charge in [0.25, 0.3) is 5.78 Å². The van der Waals surface area contributed by atoms with Gasteiger partial charge in [0.2, 0.25) is 0 Å². The van der Waals surface area contributed by atoms with Gasteiger partial charge in [-0.2, -0.15) is 13.2 Å². The van der Waals surface area contributed by atoms with E-state index >= 15 is 0 Å². The molecule has 2 nitrogen and oxygen atoms in total. The molecule has 1 aromatic heterocycles. The van der Waals surface area contributed by atoms with E-state index in [0.717, 1.165) is 10.8 Å². The molecular formula is C17H10F3NO. The molecular weight excluding hydrogens is 291 g/mol. The molecule has 0 radical (unpaired) electrons. The van der Waals surface area contributed by atoms with Crippen molar-refractivity contribution in [1.82, 2.24) is 4.98 Å². The molecule has 3 rings (SSSR count). The van der Waals surface area contributed by atoms with E-state index in [0.29, 0.717) is 11.3 Å². The van der Waals surface area contributed by atoms with Crippen LogP contribution in [-0.2, 0) is 0 Å². The minimum Gasteiger partial charge on any atom is -0.284 e. The summed E-state index contributed by atoms with van der Waals surface area (Å²) in [5.74, 6) is -1.84. The maximum atomic E-state index is 12.4. The van der Waals surface area contributed by atoms with Gasteiger partial charge in [0.1, 0.15) is 0 Å². The molecule has 2 aromatic carbocycles. The van der Waals surface area contributed by atoms with Crippen LogP contribution in [0.5, 0.6) is 0 Å². The van der Waals surface area contributed by atoms with E-state index in [9.17, 15) is 18.0 Å². The fourth-order valence-corrected chi connectivity index (χ4v) is 2.20. The minimum atomic E-state index is -4.86. The third kappa shape index (κ3) is 2.70. The van der Waals surface area contributed by atoms with Gasteiger partial charge in [0.05, 0.1) is 5.69 Å². The second kappa shape index (κ2) is 5.26. The molecule has 1 heterocycles. The van der Waals surface area contributed by atoms with Crippen molar-refractivity contribution in [2.24, 2.45) is 0 Å². The Labute approximate surface area is 124 Å². The van der Waals surface area contributed by atoms with Crippen molar-refractivity contribution >= 4 is 16.6 Å². The third-order valence-corrected chi connectivity index (χ3v) is 3.33. The van der Waals surface area contributed by atoms with Crippen LogP contribution in [0.4, 0.5) is 13.2 Å². The highest BCUT2D eigenvalue weighted by atomic mass is 19.4. The van der Waals surface area contributed by atoms with Crippen LogP contribution in [0.3, 0.4) is 0 Å². The van der Waals surface area contributed by atoms with E-state index in [1.165, 1.54) is 24.3 Å². The molecule has 0 saturated carbocycles. The molecule has 110 valence electrons. The lowest BCUT2D eigenvalue weighted by Crippen LogP contribution is -2.22. The van der Waals surface area contributed by atoms with Crippen LogP contribution in [0.15, 0.2) is 60.8 Å². The van der Waals surface area contributed by atoms with Gasteiger partial charge in [-0.1, -0.05) is 48.5 Å². The van der Waals surface area contributed by atoms with Crippen molar-refractivity contribution in [1.29, 1.82) is 0 Å². The number of rotatable bonds is 2. The van der Waals surface area contributed by atoms with Crippen molar-refractivity contribution in [3.8, 4) is 11.3 Å². The summed E-state index contributed by atoms with van der Waals surface area (Å²) in [5.41, 5.74) is 0.922. The Bertz CT molecular complexity index is 838. The van der Waals surface area contributed by atoms with Crippen molar-refractivity contribution < 1.29 is 18.0 Å². The zero-order valence-electron chi connectivity index (χ0n) is 11.3. The lowest BCUT2D eigenvalue weighted by atomic mass is 10.0. The van der Waals surface area contributed by atoms with Gasteiger partial charge in [-0.15, -0.1) is 0 Å². The second-order valence-corrected chi connectivity index (χ2v) is 4.82. The first kappa shape index (κ1) is 14.3. The van der Waals surface area contributed by atoms with E-state index in [-0.39, 0.29) is 5.56 Å². The van der Waals surface area contributed by atoms with E-state index in [1.807, 2.05) is 30.3 Å². The molecule has 5 heteroatoms. The number of aromatic nitrogens is 1. The standard InChI is InChI=1S/C17H10F3NO/c18-17(19,20)16(22)12-7-5-11(6-8-12)15-9-13-3-1-2-4-14(13)10-21-15/h1-10H. The Kier molecular flexibility index (Phi) is 3.41. The smallest absolute Gasteiger partial charge is 0.284 e. The zero-order chi connectivity index (χ0) is 15.7. The summed E-state index contributed by atoms with van der Waals surface area (Å²) in [7, 11) is 0. The van der Waals surface area contributed by atoms with E-state index in [4.69, 9.17) is 0 Å². The van der Waals surface area contributed by atoms with Crippen molar-refractivity contribution in [2.45, 2.75) is 6.18 Å². The van der Waals surface area contributed by atoms with Gasteiger partial charge < -0.3 is 0 Å². The van der Waals surface area contributed by atoms with Crippen LogP contribution in [0, 0.1) is 0 Å². The first-order chi connectivity index (χ1) is 10.4. The number of halogens is 3. The van der Waals surface area contributed by atoms with Gasteiger partial charge in [0.15, 0.2) is 0 Å². The molecule has 0 saturated heterocycles. The predicted octanol–water partition coefficient (Wildman–Crippen LogP) is 4.65. The molecule has 0 bridgehead atoms. The number of benzene rings is 2. The number of alkyl halides is 3. The highest BCUT2D eigenvalue weighted by Gasteiger charge is 2.39. The average Bonchev–Trinajstić information content (AvgIpc) is 2.53. The molecule has 0 unspecified atom stereocenters. The fourth-order valence-electron chi connectivity index (χ4n) is 2.20. The van der Waals surface area contributed by atoms with Crippen LogP contribution in [0.2, 0.25) is 0 Å². The third-order valence-electron chi connectivity index (χ3n) is 3.33. The van der Waals surface area contributed by atoms with Crippen molar-refractivity contribution in [3.63, 3.8) is 0 Å². The summed E-state index contributed by atoms with van der Waals surface area (Å²) >= 11 is 0. The van der Waals surface area contributed by atoms with Crippen LogP contribution in [0.25, 0.3) is 22.0 Å². The van der Waals surface area contributed by atoms with Gasteiger partial charge in [-0.25, -0.2) is 0 Å². The van der Waals surface area contributed by atoms with Gasteiger partial charge in [0, 0.05) is 22.7 Å². The maximum Gasteiger partial charge on any atom is 0.454 e. The number of carbonyl (C=O) groups excluding carboxylic acids is 1. The quantitative estimate of drug-likeness (QED) is 0.645. The Morgan fingerprint density at radius 2 is 1.55 bits per heavy atom. The molecule has 22 heavy (non-hydrogen) atoms. The van der Waals surface area contributed by atoms with Gasteiger partial charge in [-0.05, 0) is 11.5 Å². The first-order valence-electron chi connectivity index (χ1n) is 6.52. The molecule has 0 spiro atoms. The Morgan fingerprint density at radius 3 is 2.18 bits per heavy atom. The Hall–Kier alpha value is -2.69. The summed E-state index contributed by atoms with van der Waals surface area (Å²) in [6.07, 6.45) is -3.15. The maximum absolute atomic E-state index is 12.4. The molecule has 0 atom stereocenters. The van der Waals surface area contributed by atoms with Crippen LogP contribution in [-0.4, -0.2) is 16.9 Å². The highest BCUT2D eigenvalue weighted by molar-refractivity contribution is 6.00. The number of fused-ring (bicyclic) bond motifs is 1. The predicted molar refractivity (Wildman–Crippen MR) is 77.6 cm³/mol. The summed E-state index contributed by atoms with van der Waals surface area (Å²) in [6.45, 7) is 0. The zero-order valence-corrected chi connectivity index (χ0v) is 11.3. The normalized spacial score (nSPS) is 11.6. The molecule has 0 aliphatic heterocycles. The topological polar surface area (TPSA) is 30.0 Å². The number of Topliss-reactive ketones (excluding diaryl/α,β-unsaturated/α-hetero) is 1. The SMILES string of the molecule is O=C(c1ccc(-c2cc3ccccc3cn2)cc1)C(F)(F)F. The van der Waals surface area contributed by atoms with Crippen LogP contribution < -0.4 is 0 Å². The fraction of sp³-hybridized carbons (Fsp3) is 0.0588. The Balaban J connectivity index is 1.96. The first-order valence-corrected chi connectivity index (χ1v) is 6.52. The largest absolute Gasteiger partial charge is 0.454 e. The number of ketones is 1. The molecule has 0 N–H and O–H groups in total. The van der Waals surface area contributed by atoms with E-state index < -0.39 is 12.0 Å². The summed E-state index contributed by atoms with van der Waals surface area (Å²) < 4.78 is 37.1. The van der Waals surface area contributed by atoms with E-state index in [1.54, 1.807) is 6.20 Å². The monoisotopic (exact) mass is 301 g/mol. The molecule has 0 fully saturated rings. The van der Waals surface area contributed by atoms with Crippen LogP contribution in [0.1, 0.15) is 10.4 Å². The van der Waals surface area contributed by atoms with Crippen molar-refractivity contribution in [3.05, 3.63) is 66.4 Å². The number of nitrogens with zero attached hydrogens (tertiary/aromatic N) is 1. The minimum absolute atomic E-state index is 0.378. The molecule has 0 amide bonds. The van der Waals surface area contributed by atoms with E-state index in [2.05, 4.69) is 4.98 Å². The molecule has 0 aliphatic rings. The number of pyridine rings is 1. The number of hydrogen-bond acceptors (Lipinski definition) is 2. The lowest BCUT2D eigenvalue weighted by molar-refractivity contribution is -0.0885. The number of carbonyl (C=O) groups is 1. The number of hydrogen-bond donors (Lipinski definition) is 0. The lowest BCUT2D eigenvalue weighted by Gasteiger charge is -2.07. The van der Waals surface area contributed by atoms with Crippen LogP contribution >= 0.6 is 0 Å². The summed E-state index contributed by atoms with van der Waals surface area (Å²) in [4.78, 5) is 15.4. The average molecular weight is 301 g/mol. The second-order valence-electron chi connectivity index (χ2n) is 4.82. The highest BCUT2D eigenvalue weighted by Crippen LogP contribution is 2.25. The molecule has 3 aromatic rings. The summed E-state index contributed by atoms with van der Waals surface area (Å²) in [6, 6.07) is 14.8.